The molecule has 0 aromatic rings. The van der Waals surface area contributed by atoms with E-state index in [2.05, 4.69) is 50.9 Å². The van der Waals surface area contributed by atoms with Gasteiger partial charge in [0.05, 0.1) is 0 Å². The van der Waals surface area contributed by atoms with Crippen LogP contribution in [0, 0.1) is 0 Å². The zero-order valence-electron chi connectivity index (χ0n) is 9.32. The fourth-order valence-corrected chi connectivity index (χ4v) is 4.63. The molecule has 0 amide bonds. The molecule has 2 N–H and O–H groups in total. The molecule has 1 aliphatic heterocycles. The minimum absolute atomic E-state index is 0.292. The summed E-state index contributed by atoms with van der Waals surface area (Å²) < 4.78 is 0. The van der Waals surface area contributed by atoms with Gasteiger partial charge in [-0.05, 0) is 13.3 Å². The molecule has 1 fully saturated rings. The van der Waals surface area contributed by atoms with Gasteiger partial charge in [-0.2, -0.15) is 23.5 Å². The maximum absolute atomic E-state index is 6.16. The summed E-state index contributed by atoms with van der Waals surface area (Å²) in [5, 5.41) is 2.12. The summed E-state index contributed by atoms with van der Waals surface area (Å²) in [5.74, 6) is 1.20. The monoisotopic (exact) mass is 231 g/mol. The quantitative estimate of drug-likeness (QED) is 0.756. The van der Waals surface area contributed by atoms with Gasteiger partial charge in [-0.1, -0.05) is 19.4 Å². The standard InChI is InChI=1S/C11H21NS2/c1-7(2)5-10(12)11-6-13-8(3)9(4)14-11/h8-11H,1,5-6,12H2,2-4H3. The smallest absolute Gasteiger partial charge is 0.0295 e. The molecule has 1 nitrogen and oxygen atoms in total. The summed E-state index contributed by atoms with van der Waals surface area (Å²) >= 11 is 4.12. The third kappa shape index (κ3) is 3.52. The summed E-state index contributed by atoms with van der Waals surface area (Å²) in [6.45, 7) is 10.6. The van der Waals surface area contributed by atoms with Crippen molar-refractivity contribution in [3.8, 4) is 0 Å². The van der Waals surface area contributed by atoms with Crippen molar-refractivity contribution < 1.29 is 0 Å². The second kappa shape index (κ2) is 5.47. The molecule has 0 aromatic carbocycles. The maximum atomic E-state index is 6.16. The highest BCUT2D eigenvalue weighted by Crippen LogP contribution is 2.37. The summed E-state index contributed by atoms with van der Waals surface area (Å²) in [4.78, 5) is 0. The van der Waals surface area contributed by atoms with Crippen LogP contribution in [0.4, 0.5) is 0 Å². The second-order valence-corrected chi connectivity index (χ2v) is 7.27. The first-order valence-corrected chi connectivity index (χ1v) is 7.17. The Morgan fingerprint density at radius 2 is 2.14 bits per heavy atom. The van der Waals surface area contributed by atoms with Crippen molar-refractivity contribution in [1.29, 1.82) is 0 Å². The van der Waals surface area contributed by atoms with Gasteiger partial charge in [0.1, 0.15) is 0 Å². The van der Waals surface area contributed by atoms with E-state index in [1.165, 1.54) is 11.3 Å². The van der Waals surface area contributed by atoms with Gasteiger partial charge in [-0.25, -0.2) is 0 Å². The fraction of sp³-hybridized carbons (Fsp3) is 0.818. The van der Waals surface area contributed by atoms with E-state index in [0.717, 1.165) is 16.9 Å². The van der Waals surface area contributed by atoms with Gasteiger partial charge in [0.15, 0.2) is 0 Å². The fourth-order valence-electron chi connectivity index (χ4n) is 1.57. The van der Waals surface area contributed by atoms with Crippen molar-refractivity contribution >= 4 is 23.5 Å². The number of hydrogen-bond donors (Lipinski definition) is 1. The van der Waals surface area contributed by atoms with Gasteiger partial charge >= 0.3 is 0 Å². The molecule has 3 heteroatoms. The first-order chi connectivity index (χ1) is 6.50. The molecular formula is C11H21NS2. The van der Waals surface area contributed by atoms with E-state index in [1.54, 1.807) is 0 Å². The topological polar surface area (TPSA) is 26.0 Å². The highest BCUT2D eigenvalue weighted by atomic mass is 32.2. The molecule has 0 radical (unpaired) electrons. The van der Waals surface area contributed by atoms with Gasteiger partial charge in [-0.15, -0.1) is 6.58 Å². The lowest BCUT2D eigenvalue weighted by molar-refractivity contribution is 0.654. The maximum Gasteiger partial charge on any atom is 0.0295 e. The predicted octanol–water partition coefficient (Wildman–Crippen LogP) is 2.91. The normalized spacial score (nSPS) is 35.3. The van der Waals surface area contributed by atoms with Crippen LogP contribution in [0.15, 0.2) is 12.2 Å². The summed E-state index contributed by atoms with van der Waals surface area (Å²) in [6, 6.07) is 0.292. The zero-order chi connectivity index (χ0) is 10.7. The van der Waals surface area contributed by atoms with E-state index < -0.39 is 0 Å². The number of nitrogens with two attached hydrogens (primary N) is 1. The van der Waals surface area contributed by atoms with Crippen molar-refractivity contribution in [3.63, 3.8) is 0 Å². The Kier molecular flexibility index (Phi) is 4.88. The average molecular weight is 231 g/mol. The minimum Gasteiger partial charge on any atom is -0.326 e. The Morgan fingerprint density at radius 3 is 2.64 bits per heavy atom. The first kappa shape index (κ1) is 12.5. The summed E-state index contributed by atoms with van der Waals surface area (Å²) in [5.41, 5.74) is 7.37. The highest BCUT2D eigenvalue weighted by Gasteiger charge is 2.29. The molecule has 82 valence electrons. The molecule has 14 heavy (non-hydrogen) atoms. The molecule has 0 spiro atoms. The predicted molar refractivity (Wildman–Crippen MR) is 70.2 cm³/mol. The van der Waals surface area contributed by atoms with Crippen LogP contribution < -0.4 is 5.73 Å². The van der Waals surface area contributed by atoms with Gasteiger partial charge in [-0.3, -0.25) is 0 Å². The summed E-state index contributed by atoms with van der Waals surface area (Å²) in [6.07, 6.45) is 0.972. The van der Waals surface area contributed by atoms with E-state index in [9.17, 15) is 0 Å². The van der Waals surface area contributed by atoms with E-state index in [-0.39, 0.29) is 0 Å². The van der Waals surface area contributed by atoms with Crippen LogP contribution >= 0.6 is 23.5 Å². The molecule has 1 aliphatic rings. The van der Waals surface area contributed by atoms with Gasteiger partial charge in [0.25, 0.3) is 0 Å². The Morgan fingerprint density at radius 1 is 1.50 bits per heavy atom. The van der Waals surface area contributed by atoms with Crippen LogP contribution in [0.3, 0.4) is 0 Å². The van der Waals surface area contributed by atoms with Crippen molar-refractivity contribution in [2.45, 2.75) is 49.0 Å². The van der Waals surface area contributed by atoms with Crippen LogP contribution in [-0.2, 0) is 0 Å². The van der Waals surface area contributed by atoms with Crippen LogP contribution in [-0.4, -0.2) is 27.5 Å². The minimum atomic E-state index is 0.292. The Labute approximate surface area is 96.3 Å². The van der Waals surface area contributed by atoms with Crippen molar-refractivity contribution in [1.82, 2.24) is 0 Å². The van der Waals surface area contributed by atoms with Gasteiger partial charge < -0.3 is 5.73 Å². The Balaban J connectivity index is 2.41. The number of hydrogen-bond acceptors (Lipinski definition) is 3. The lowest BCUT2D eigenvalue weighted by Crippen LogP contribution is -2.39. The number of rotatable bonds is 3. The van der Waals surface area contributed by atoms with Crippen molar-refractivity contribution in [2.75, 3.05) is 5.75 Å². The zero-order valence-corrected chi connectivity index (χ0v) is 11.0. The Hall–Kier alpha value is 0.400. The average Bonchev–Trinajstić information content (AvgIpc) is 2.08. The van der Waals surface area contributed by atoms with Crippen LogP contribution in [0.5, 0.6) is 0 Å². The van der Waals surface area contributed by atoms with E-state index >= 15 is 0 Å². The molecular weight excluding hydrogens is 210 g/mol. The molecule has 4 unspecified atom stereocenters. The third-order valence-corrected chi connectivity index (χ3v) is 6.21. The van der Waals surface area contributed by atoms with E-state index in [1.807, 2.05) is 0 Å². The molecule has 1 rings (SSSR count). The van der Waals surface area contributed by atoms with Crippen molar-refractivity contribution in [2.24, 2.45) is 5.73 Å². The van der Waals surface area contributed by atoms with Crippen LogP contribution in [0.1, 0.15) is 27.2 Å². The van der Waals surface area contributed by atoms with Crippen molar-refractivity contribution in [3.05, 3.63) is 12.2 Å². The van der Waals surface area contributed by atoms with E-state index in [0.29, 0.717) is 11.3 Å². The van der Waals surface area contributed by atoms with E-state index in [4.69, 9.17) is 5.73 Å². The molecule has 4 atom stereocenters. The molecule has 0 aliphatic carbocycles. The SMILES string of the molecule is C=C(C)CC(N)C1CSC(C)C(C)S1. The summed E-state index contributed by atoms with van der Waals surface area (Å²) in [7, 11) is 0. The lowest BCUT2D eigenvalue weighted by Gasteiger charge is -2.34. The molecule has 0 aromatic heterocycles. The molecule has 0 saturated carbocycles. The number of thioether (sulfide) groups is 2. The van der Waals surface area contributed by atoms with Gasteiger partial charge in [0, 0.05) is 27.5 Å². The largest absolute Gasteiger partial charge is 0.326 e. The molecule has 1 saturated heterocycles. The third-order valence-electron chi connectivity index (χ3n) is 2.64. The lowest BCUT2D eigenvalue weighted by atomic mass is 10.1. The first-order valence-electron chi connectivity index (χ1n) is 5.17. The van der Waals surface area contributed by atoms with Crippen LogP contribution in [0.2, 0.25) is 0 Å². The second-order valence-electron chi connectivity index (χ2n) is 4.24. The van der Waals surface area contributed by atoms with Gasteiger partial charge in [0.2, 0.25) is 0 Å². The highest BCUT2D eigenvalue weighted by molar-refractivity contribution is 8.07. The Bertz CT molecular complexity index is 205. The molecule has 0 bridgehead atoms. The van der Waals surface area contributed by atoms with Crippen LogP contribution in [0.25, 0.3) is 0 Å². The molecule has 1 heterocycles.